The molecule has 0 spiro atoms. The molecule has 5 aliphatic rings. The Balaban J connectivity index is 1.55. The zero-order chi connectivity index (χ0) is 30.9. The molecular formula is C36H59NO5. The van der Waals surface area contributed by atoms with Crippen molar-refractivity contribution in [1.29, 1.82) is 0 Å². The highest BCUT2D eigenvalue weighted by atomic mass is 16.5. The molecule has 238 valence electrons. The molecule has 6 heteroatoms. The van der Waals surface area contributed by atoms with Crippen molar-refractivity contribution in [3.05, 3.63) is 11.6 Å². The van der Waals surface area contributed by atoms with E-state index in [1.807, 2.05) is 0 Å². The van der Waals surface area contributed by atoms with Gasteiger partial charge in [0.1, 0.15) is 6.10 Å². The van der Waals surface area contributed by atoms with Gasteiger partial charge >= 0.3 is 5.97 Å². The number of carbonyl (C=O) groups is 2. The minimum atomic E-state index is -0.448. The highest BCUT2D eigenvalue weighted by Gasteiger charge is 2.69. The number of carbonyl (C=O) groups excluding carboxylic acids is 2. The Bertz CT molecular complexity index is 1090. The summed E-state index contributed by atoms with van der Waals surface area (Å²) in [5, 5.41) is 19.6. The lowest BCUT2D eigenvalue weighted by atomic mass is 9.33. The Hall–Kier alpha value is -1.40. The SMILES string of the molecule is CC(=O)O[C@H]1CC[C@]2(C)[C@H]3CC=C4[C@@H]5[C@@H](C)[C@H](C)CC[C@]5(C(=O)N(CCO)CCO)CC[C@@]4(C)[C@]3(C)CC[C@H]2C1(C)C. The number of hydrogen-bond acceptors (Lipinski definition) is 5. The van der Waals surface area contributed by atoms with Crippen LogP contribution in [0.1, 0.15) is 113 Å². The van der Waals surface area contributed by atoms with Gasteiger partial charge in [-0.2, -0.15) is 0 Å². The fraction of sp³-hybridized carbons (Fsp3) is 0.889. The van der Waals surface area contributed by atoms with Crippen LogP contribution in [0.4, 0.5) is 0 Å². The summed E-state index contributed by atoms with van der Waals surface area (Å²) in [5.74, 6) is 2.21. The number of ether oxygens (including phenoxy) is 1. The van der Waals surface area contributed by atoms with E-state index in [0.717, 1.165) is 51.4 Å². The van der Waals surface area contributed by atoms with E-state index in [4.69, 9.17) is 4.74 Å². The number of aliphatic hydroxyl groups is 2. The summed E-state index contributed by atoms with van der Waals surface area (Å²) in [6.45, 7) is 19.1. The Morgan fingerprint density at radius 2 is 1.57 bits per heavy atom. The third kappa shape index (κ3) is 4.38. The van der Waals surface area contributed by atoms with Crippen molar-refractivity contribution in [1.82, 2.24) is 4.90 Å². The fourth-order valence-electron chi connectivity index (χ4n) is 12.1. The Labute approximate surface area is 255 Å². The van der Waals surface area contributed by atoms with Crippen LogP contribution in [0.25, 0.3) is 0 Å². The molecule has 0 radical (unpaired) electrons. The summed E-state index contributed by atoms with van der Waals surface area (Å²) in [6.07, 6.45) is 11.8. The number of hydrogen-bond donors (Lipinski definition) is 2. The summed E-state index contributed by atoms with van der Waals surface area (Å²) in [5.41, 5.74) is 1.37. The highest BCUT2D eigenvalue weighted by molar-refractivity contribution is 5.84. The quantitative estimate of drug-likeness (QED) is 0.279. The molecular weight excluding hydrogens is 526 g/mol. The van der Waals surface area contributed by atoms with E-state index < -0.39 is 5.41 Å². The second-order valence-electron chi connectivity index (χ2n) is 16.5. The second kappa shape index (κ2) is 10.9. The van der Waals surface area contributed by atoms with Crippen LogP contribution in [0.5, 0.6) is 0 Å². The first kappa shape index (κ1) is 32.0. The molecule has 6 nitrogen and oxygen atoms in total. The Morgan fingerprint density at radius 1 is 0.905 bits per heavy atom. The zero-order valence-corrected chi connectivity index (χ0v) is 27.8. The van der Waals surface area contributed by atoms with Crippen molar-refractivity contribution >= 4 is 11.9 Å². The average molecular weight is 586 g/mol. The number of fused-ring (bicyclic) bond motifs is 7. The maximum absolute atomic E-state index is 14.5. The van der Waals surface area contributed by atoms with E-state index in [9.17, 15) is 19.8 Å². The van der Waals surface area contributed by atoms with Gasteiger partial charge < -0.3 is 19.8 Å². The largest absolute Gasteiger partial charge is 0.462 e. The predicted octanol–water partition coefficient (Wildman–Crippen LogP) is 6.39. The van der Waals surface area contributed by atoms with Gasteiger partial charge in [-0.25, -0.2) is 0 Å². The molecule has 0 aromatic carbocycles. The Morgan fingerprint density at radius 3 is 2.19 bits per heavy atom. The molecule has 10 atom stereocenters. The van der Waals surface area contributed by atoms with Crippen LogP contribution in [0.3, 0.4) is 0 Å². The second-order valence-corrected chi connectivity index (χ2v) is 16.5. The number of amides is 1. The lowest BCUT2D eigenvalue weighted by Crippen LogP contribution is -2.66. The van der Waals surface area contributed by atoms with Gasteiger partial charge in [0, 0.05) is 25.4 Å². The van der Waals surface area contributed by atoms with Crippen molar-refractivity contribution < 1.29 is 24.5 Å². The van der Waals surface area contributed by atoms with Crippen LogP contribution in [0.2, 0.25) is 0 Å². The molecule has 1 amide bonds. The summed E-state index contributed by atoms with van der Waals surface area (Å²) in [7, 11) is 0. The minimum Gasteiger partial charge on any atom is -0.462 e. The molecule has 0 bridgehead atoms. The standard InChI is InChI=1S/C36H59NO5/c1-23-11-16-36(31(41)37(19-21-38)20-22-39)18-17-34(7)26(30(36)24(23)2)9-10-28-33(6)14-13-29(42-25(3)40)32(4,5)27(33)12-15-35(28,34)8/h9,23-24,27-30,38-39H,10-22H2,1-8H3/t23-,24+,27+,28-,29+,30+,33+,34-,35-,36+/m1/s1. The number of allylic oxidation sites excluding steroid dienone is 2. The third-order valence-corrected chi connectivity index (χ3v) is 14.7. The smallest absolute Gasteiger partial charge is 0.302 e. The van der Waals surface area contributed by atoms with Crippen molar-refractivity contribution in [2.75, 3.05) is 26.3 Å². The van der Waals surface area contributed by atoms with Crippen molar-refractivity contribution in [2.24, 2.45) is 56.7 Å². The first-order valence-electron chi connectivity index (χ1n) is 17.0. The third-order valence-electron chi connectivity index (χ3n) is 14.7. The zero-order valence-electron chi connectivity index (χ0n) is 27.8. The molecule has 0 aliphatic heterocycles. The molecule has 0 aromatic heterocycles. The van der Waals surface area contributed by atoms with Crippen LogP contribution in [0, 0.1) is 56.7 Å². The number of aliphatic hydroxyl groups excluding tert-OH is 2. The molecule has 5 rings (SSSR count). The first-order valence-corrected chi connectivity index (χ1v) is 17.0. The first-order chi connectivity index (χ1) is 19.6. The highest BCUT2D eigenvalue weighted by Crippen LogP contribution is 2.76. The van der Waals surface area contributed by atoms with Gasteiger partial charge in [0.15, 0.2) is 0 Å². The molecule has 0 unspecified atom stereocenters. The lowest BCUT2D eigenvalue weighted by molar-refractivity contribution is -0.213. The maximum Gasteiger partial charge on any atom is 0.302 e. The van der Waals surface area contributed by atoms with Crippen molar-refractivity contribution in [3.63, 3.8) is 0 Å². The molecule has 0 heterocycles. The molecule has 0 saturated heterocycles. The van der Waals surface area contributed by atoms with Gasteiger partial charge in [0.2, 0.25) is 5.91 Å². The van der Waals surface area contributed by atoms with Gasteiger partial charge in [-0.15, -0.1) is 0 Å². The lowest BCUT2D eigenvalue weighted by Gasteiger charge is -2.71. The molecule has 4 fully saturated rings. The molecule has 4 saturated carbocycles. The fourth-order valence-corrected chi connectivity index (χ4v) is 12.1. The topological polar surface area (TPSA) is 87.1 Å². The summed E-state index contributed by atoms with van der Waals surface area (Å²) in [4.78, 5) is 28.2. The van der Waals surface area contributed by atoms with Crippen molar-refractivity contribution in [3.8, 4) is 0 Å². The predicted molar refractivity (Wildman–Crippen MR) is 165 cm³/mol. The van der Waals surface area contributed by atoms with Gasteiger partial charge in [-0.3, -0.25) is 9.59 Å². The average Bonchev–Trinajstić information content (AvgIpc) is 2.92. The van der Waals surface area contributed by atoms with Gasteiger partial charge in [-0.1, -0.05) is 60.1 Å². The van der Waals surface area contributed by atoms with Gasteiger partial charge in [-0.05, 0) is 104 Å². The van der Waals surface area contributed by atoms with E-state index in [-0.39, 0.29) is 71.9 Å². The molecule has 5 aliphatic carbocycles. The van der Waals surface area contributed by atoms with Crippen LogP contribution in [0.15, 0.2) is 11.6 Å². The number of nitrogens with zero attached hydrogens (tertiary/aromatic N) is 1. The van der Waals surface area contributed by atoms with Crippen molar-refractivity contribution in [2.45, 2.75) is 119 Å². The monoisotopic (exact) mass is 585 g/mol. The number of rotatable bonds is 6. The summed E-state index contributed by atoms with van der Waals surface area (Å²) < 4.78 is 5.92. The summed E-state index contributed by atoms with van der Waals surface area (Å²) in [6, 6.07) is 0. The van der Waals surface area contributed by atoms with Gasteiger partial charge in [0.25, 0.3) is 0 Å². The molecule has 2 N–H and O–H groups in total. The van der Waals surface area contributed by atoms with E-state index in [0.29, 0.717) is 23.7 Å². The van der Waals surface area contributed by atoms with Gasteiger partial charge in [0.05, 0.1) is 18.6 Å². The van der Waals surface area contributed by atoms with Crippen LogP contribution < -0.4 is 0 Å². The maximum atomic E-state index is 14.5. The number of esters is 1. The van der Waals surface area contributed by atoms with E-state index in [2.05, 4.69) is 54.5 Å². The van der Waals surface area contributed by atoms with Crippen LogP contribution in [-0.2, 0) is 14.3 Å². The molecule has 0 aromatic rings. The van der Waals surface area contributed by atoms with E-state index >= 15 is 0 Å². The van der Waals surface area contributed by atoms with Crippen LogP contribution in [-0.4, -0.2) is 59.4 Å². The normalized spacial score (nSPS) is 45.8. The van der Waals surface area contributed by atoms with E-state index in [1.165, 1.54) is 6.42 Å². The summed E-state index contributed by atoms with van der Waals surface area (Å²) >= 11 is 0. The van der Waals surface area contributed by atoms with E-state index in [1.54, 1.807) is 17.4 Å². The minimum absolute atomic E-state index is 0.0191. The Kier molecular flexibility index (Phi) is 8.30. The van der Waals surface area contributed by atoms with Crippen LogP contribution >= 0.6 is 0 Å². The molecule has 42 heavy (non-hydrogen) atoms.